The number of carbonyl (C=O) groups is 1. The van der Waals surface area contributed by atoms with Gasteiger partial charge in [-0.15, -0.1) is 0 Å². The summed E-state index contributed by atoms with van der Waals surface area (Å²) in [5.41, 5.74) is 5.71. The van der Waals surface area contributed by atoms with Gasteiger partial charge in [-0.25, -0.2) is 9.97 Å². The van der Waals surface area contributed by atoms with E-state index in [0.717, 1.165) is 22.4 Å². The van der Waals surface area contributed by atoms with Gasteiger partial charge < -0.3 is 10.6 Å². The first-order valence-electron chi connectivity index (χ1n) is 8.99. The third-order valence-corrected chi connectivity index (χ3v) is 4.36. The molecule has 3 rings (SSSR count). The predicted octanol–water partition coefficient (Wildman–Crippen LogP) is 3.94. The highest BCUT2D eigenvalue weighted by Crippen LogP contribution is 2.10. The van der Waals surface area contributed by atoms with Gasteiger partial charge >= 0.3 is 0 Å². The minimum absolute atomic E-state index is 0.206. The predicted molar refractivity (Wildman–Crippen MR) is 108 cm³/mol. The van der Waals surface area contributed by atoms with Crippen LogP contribution in [0.5, 0.6) is 0 Å². The number of benzene rings is 2. The summed E-state index contributed by atoms with van der Waals surface area (Å²) in [6.07, 6.45) is 0. The van der Waals surface area contributed by atoms with Crippen molar-refractivity contribution in [3.05, 3.63) is 88.2 Å². The van der Waals surface area contributed by atoms with E-state index in [2.05, 4.69) is 51.8 Å². The van der Waals surface area contributed by atoms with E-state index >= 15 is 0 Å². The van der Waals surface area contributed by atoms with Crippen molar-refractivity contribution in [2.24, 2.45) is 0 Å². The minimum Gasteiger partial charge on any atom is -0.350 e. The number of carbonyl (C=O) groups excluding carboxylic acids is 1. The summed E-state index contributed by atoms with van der Waals surface area (Å²) in [6, 6.07) is 18.0. The van der Waals surface area contributed by atoms with Crippen LogP contribution < -0.4 is 10.6 Å². The number of hydrogen-bond donors (Lipinski definition) is 2. The zero-order valence-electron chi connectivity index (χ0n) is 15.9. The molecule has 0 bridgehead atoms. The number of anilines is 1. The van der Waals surface area contributed by atoms with E-state index in [1.54, 1.807) is 6.07 Å². The topological polar surface area (TPSA) is 66.9 Å². The second kappa shape index (κ2) is 8.45. The Balaban J connectivity index is 1.66. The molecule has 138 valence electrons. The number of nitrogens with one attached hydrogen (secondary N) is 2. The first-order valence-corrected chi connectivity index (χ1v) is 8.99. The van der Waals surface area contributed by atoms with E-state index in [9.17, 15) is 4.79 Å². The first-order chi connectivity index (χ1) is 13.0. The lowest BCUT2D eigenvalue weighted by molar-refractivity contribution is 0.0945. The van der Waals surface area contributed by atoms with Crippen molar-refractivity contribution in [3.63, 3.8) is 0 Å². The van der Waals surface area contributed by atoms with Crippen molar-refractivity contribution in [2.75, 3.05) is 5.32 Å². The van der Waals surface area contributed by atoms with E-state index in [0.29, 0.717) is 24.7 Å². The number of aryl methyl sites for hydroxylation is 3. The fourth-order valence-corrected chi connectivity index (χ4v) is 2.73. The molecule has 0 aliphatic heterocycles. The molecule has 5 heteroatoms. The average molecular weight is 360 g/mol. The highest BCUT2D eigenvalue weighted by molar-refractivity contribution is 5.92. The van der Waals surface area contributed by atoms with E-state index in [1.807, 2.05) is 38.1 Å². The maximum Gasteiger partial charge on any atom is 0.270 e. The van der Waals surface area contributed by atoms with Gasteiger partial charge in [0.1, 0.15) is 5.69 Å². The summed E-state index contributed by atoms with van der Waals surface area (Å²) in [4.78, 5) is 21.3. The second-order valence-electron chi connectivity index (χ2n) is 6.67. The smallest absolute Gasteiger partial charge is 0.270 e. The van der Waals surface area contributed by atoms with Crippen molar-refractivity contribution < 1.29 is 4.79 Å². The number of amides is 1. The third kappa shape index (κ3) is 5.14. The Morgan fingerprint density at radius 1 is 0.926 bits per heavy atom. The van der Waals surface area contributed by atoms with Gasteiger partial charge in [-0.3, -0.25) is 4.79 Å². The molecule has 0 aliphatic rings. The van der Waals surface area contributed by atoms with Crippen molar-refractivity contribution >= 4 is 11.9 Å². The molecule has 0 saturated heterocycles. The lowest BCUT2D eigenvalue weighted by Gasteiger charge is -2.10. The minimum atomic E-state index is -0.206. The van der Waals surface area contributed by atoms with Crippen molar-refractivity contribution in [3.8, 4) is 0 Å². The Morgan fingerprint density at radius 2 is 1.67 bits per heavy atom. The summed E-state index contributed by atoms with van der Waals surface area (Å²) >= 11 is 0. The van der Waals surface area contributed by atoms with Gasteiger partial charge in [-0.2, -0.15) is 0 Å². The lowest BCUT2D eigenvalue weighted by atomic mass is 10.1. The van der Waals surface area contributed by atoms with Gasteiger partial charge in [0.25, 0.3) is 5.91 Å². The normalized spacial score (nSPS) is 10.5. The molecule has 0 radical (unpaired) electrons. The molecule has 0 spiro atoms. The molecule has 3 aromatic rings. The van der Waals surface area contributed by atoms with E-state index in [-0.39, 0.29) is 5.91 Å². The summed E-state index contributed by atoms with van der Waals surface area (Å²) in [7, 11) is 0. The van der Waals surface area contributed by atoms with Gasteiger partial charge in [0.05, 0.1) is 0 Å². The van der Waals surface area contributed by atoms with Gasteiger partial charge in [0, 0.05) is 18.8 Å². The summed E-state index contributed by atoms with van der Waals surface area (Å²) < 4.78 is 0. The van der Waals surface area contributed by atoms with Gasteiger partial charge in [-0.1, -0.05) is 54.1 Å². The quantitative estimate of drug-likeness (QED) is 0.699. The van der Waals surface area contributed by atoms with Crippen LogP contribution in [0.25, 0.3) is 0 Å². The molecule has 0 atom stereocenters. The third-order valence-electron chi connectivity index (χ3n) is 4.36. The maximum atomic E-state index is 12.5. The van der Waals surface area contributed by atoms with Crippen LogP contribution in [0, 0.1) is 20.8 Å². The lowest BCUT2D eigenvalue weighted by Crippen LogP contribution is -2.25. The van der Waals surface area contributed by atoms with Gasteiger partial charge in [-0.05, 0) is 43.5 Å². The molecule has 0 saturated carbocycles. The molecule has 2 N–H and O–H groups in total. The summed E-state index contributed by atoms with van der Waals surface area (Å²) in [6.45, 7) is 7.03. The fourth-order valence-electron chi connectivity index (χ4n) is 2.73. The van der Waals surface area contributed by atoms with Crippen molar-refractivity contribution in [1.82, 2.24) is 15.3 Å². The molecule has 1 aromatic heterocycles. The van der Waals surface area contributed by atoms with Gasteiger partial charge in [0.15, 0.2) is 0 Å². The highest BCUT2D eigenvalue weighted by Gasteiger charge is 2.11. The Kier molecular flexibility index (Phi) is 5.81. The largest absolute Gasteiger partial charge is 0.350 e. The Hall–Kier alpha value is -3.21. The van der Waals surface area contributed by atoms with E-state index < -0.39 is 0 Å². The van der Waals surface area contributed by atoms with Crippen LogP contribution in [0.3, 0.4) is 0 Å². The molecule has 1 amide bonds. The van der Waals surface area contributed by atoms with Crippen LogP contribution in [-0.2, 0) is 13.1 Å². The zero-order valence-corrected chi connectivity index (χ0v) is 15.9. The first kappa shape index (κ1) is 18.6. The molecule has 0 unspecified atom stereocenters. The highest BCUT2D eigenvalue weighted by atomic mass is 16.1. The monoisotopic (exact) mass is 360 g/mol. The van der Waals surface area contributed by atoms with Gasteiger partial charge in [0.2, 0.25) is 5.95 Å². The standard InChI is InChI=1S/C22H24N4O/c1-15-8-10-18(11-9-15)13-24-22-25-17(3)12-20(26-22)21(27)23-14-19-7-5-4-6-16(19)2/h4-12H,13-14H2,1-3H3,(H,23,27)(H,24,25,26). The van der Waals surface area contributed by atoms with Crippen LogP contribution in [-0.4, -0.2) is 15.9 Å². The number of rotatable bonds is 6. The summed E-state index contributed by atoms with van der Waals surface area (Å²) in [5, 5.41) is 6.13. The van der Waals surface area contributed by atoms with Crippen LogP contribution >= 0.6 is 0 Å². The van der Waals surface area contributed by atoms with E-state index in [4.69, 9.17) is 0 Å². The Labute approximate surface area is 159 Å². The zero-order chi connectivity index (χ0) is 19.2. The Morgan fingerprint density at radius 3 is 2.41 bits per heavy atom. The molecule has 0 aliphatic carbocycles. The maximum absolute atomic E-state index is 12.5. The van der Waals surface area contributed by atoms with Crippen LogP contribution in [0.1, 0.15) is 38.4 Å². The molecule has 0 fully saturated rings. The number of hydrogen-bond acceptors (Lipinski definition) is 4. The average Bonchev–Trinajstić information content (AvgIpc) is 2.66. The second-order valence-corrected chi connectivity index (χ2v) is 6.67. The molecular formula is C22H24N4O. The van der Waals surface area contributed by atoms with Crippen molar-refractivity contribution in [2.45, 2.75) is 33.9 Å². The van der Waals surface area contributed by atoms with Crippen molar-refractivity contribution in [1.29, 1.82) is 0 Å². The van der Waals surface area contributed by atoms with Crippen LogP contribution in [0.4, 0.5) is 5.95 Å². The summed E-state index contributed by atoms with van der Waals surface area (Å²) in [5.74, 6) is 0.249. The molecule has 27 heavy (non-hydrogen) atoms. The number of nitrogens with zero attached hydrogens (tertiary/aromatic N) is 2. The fraction of sp³-hybridized carbons (Fsp3) is 0.227. The SMILES string of the molecule is Cc1ccc(CNc2nc(C)cc(C(=O)NCc3ccccc3C)n2)cc1. The van der Waals surface area contributed by atoms with E-state index in [1.165, 1.54) is 5.56 Å². The molecule has 5 nitrogen and oxygen atoms in total. The molecule has 1 heterocycles. The molecular weight excluding hydrogens is 336 g/mol. The number of aromatic nitrogens is 2. The van der Waals surface area contributed by atoms with Crippen LogP contribution in [0.2, 0.25) is 0 Å². The Bertz CT molecular complexity index is 935. The molecule has 2 aromatic carbocycles. The van der Waals surface area contributed by atoms with Crippen LogP contribution in [0.15, 0.2) is 54.6 Å².